The first-order chi connectivity index (χ1) is 10.3. The zero-order valence-corrected chi connectivity index (χ0v) is 11.5. The summed E-state index contributed by atoms with van der Waals surface area (Å²) in [5.41, 5.74) is 1.72. The first-order valence-electron chi connectivity index (χ1n) is 7.29. The van der Waals surface area contributed by atoms with Gasteiger partial charge in [0, 0.05) is 0 Å². The molecule has 2 aliphatic rings. The average molecular weight is 281 g/mol. The summed E-state index contributed by atoms with van der Waals surface area (Å²) in [5, 5.41) is 12.9. The Morgan fingerprint density at radius 2 is 2.10 bits per heavy atom. The number of ether oxygens (including phenoxy) is 1. The lowest BCUT2D eigenvalue weighted by Crippen LogP contribution is -2.15. The van der Waals surface area contributed by atoms with Gasteiger partial charge in [0.2, 0.25) is 5.89 Å². The zero-order chi connectivity index (χ0) is 14.2. The predicted octanol–water partition coefficient (Wildman–Crippen LogP) is 2.57. The fourth-order valence-electron chi connectivity index (χ4n) is 3.27. The molecule has 2 aromatic rings. The smallest absolute Gasteiger partial charge is 0.231 e. The highest BCUT2D eigenvalue weighted by Gasteiger charge is 2.43. The van der Waals surface area contributed by atoms with Gasteiger partial charge in [-0.2, -0.15) is 10.2 Å². The Morgan fingerprint density at radius 1 is 1.24 bits per heavy atom. The maximum absolute atomic E-state index is 8.79. The fourth-order valence-corrected chi connectivity index (χ4v) is 3.27. The second kappa shape index (κ2) is 4.97. The average Bonchev–Trinajstić information content (AvgIpc) is 3.24. The molecular formula is C16H15N3O2. The van der Waals surface area contributed by atoms with Gasteiger partial charge in [0.1, 0.15) is 0 Å². The minimum Gasteiger partial charge on any atom is -0.374 e. The molecule has 3 atom stereocenters. The number of nitriles is 1. The minimum absolute atomic E-state index is 0.273. The summed E-state index contributed by atoms with van der Waals surface area (Å²) < 4.78 is 11.2. The molecule has 21 heavy (non-hydrogen) atoms. The van der Waals surface area contributed by atoms with Crippen LogP contribution in [0.3, 0.4) is 0 Å². The number of hydrogen-bond donors (Lipinski definition) is 0. The van der Waals surface area contributed by atoms with E-state index in [0.717, 1.165) is 30.7 Å². The van der Waals surface area contributed by atoms with Crippen LogP contribution in [0.5, 0.6) is 0 Å². The molecule has 5 heteroatoms. The molecule has 2 aliphatic heterocycles. The Kier molecular flexibility index (Phi) is 2.97. The van der Waals surface area contributed by atoms with Crippen LogP contribution in [0.25, 0.3) is 0 Å². The monoisotopic (exact) mass is 281 g/mol. The van der Waals surface area contributed by atoms with Crippen molar-refractivity contribution in [3.8, 4) is 6.07 Å². The third-order valence-corrected chi connectivity index (χ3v) is 4.36. The maximum Gasteiger partial charge on any atom is 0.231 e. The molecule has 3 unspecified atom stereocenters. The Labute approximate surface area is 122 Å². The van der Waals surface area contributed by atoms with E-state index in [4.69, 9.17) is 14.5 Å². The van der Waals surface area contributed by atoms with Crippen LogP contribution in [0.2, 0.25) is 0 Å². The number of benzene rings is 1. The van der Waals surface area contributed by atoms with E-state index in [-0.39, 0.29) is 6.10 Å². The van der Waals surface area contributed by atoms with Gasteiger partial charge in [-0.3, -0.25) is 0 Å². The Morgan fingerprint density at radius 3 is 2.76 bits per heavy atom. The topological polar surface area (TPSA) is 71.9 Å². The summed E-state index contributed by atoms with van der Waals surface area (Å²) in [5.74, 6) is 1.70. The van der Waals surface area contributed by atoms with E-state index >= 15 is 0 Å². The van der Waals surface area contributed by atoms with E-state index in [1.165, 1.54) is 0 Å². The largest absolute Gasteiger partial charge is 0.374 e. The van der Waals surface area contributed by atoms with Crippen molar-refractivity contribution >= 4 is 0 Å². The molecule has 0 N–H and O–H groups in total. The molecule has 4 rings (SSSR count). The molecule has 5 nitrogen and oxygen atoms in total. The van der Waals surface area contributed by atoms with Crippen LogP contribution in [-0.4, -0.2) is 22.3 Å². The second-order valence-corrected chi connectivity index (χ2v) is 5.75. The molecule has 0 saturated carbocycles. The maximum atomic E-state index is 8.79. The van der Waals surface area contributed by atoms with Crippen LogP contribution >= 0.6 is 0 Å². The highest BCUT2D eigenvalue weighted by Crippen LogP contribution is 2.43. The van der Waals surface area contributed by atoms with Crippen LogP contribution in [0.4, 0.5) is 0 Å². The first-order valence-corrected chi connectivity index (χ1v) is 7.29. The van der Waals surface area contributed by atoms with Gasteiger partial charge < -0.3 is 9.26 Å². The highest BCUT2D eigenvalue weighted by molar-refractivity contribution is 5.32. The van der Waals surface area contributed by atoms with Crippen molar-refractivity contribution in [2.75, 3.05) is 0 Å². The van der Waals surface area contributed by atoms with Crippen molar-refractivity contribution in [2.45, 2.75) is 43.8 Å². The molecule has 1 aromatic carbocycles. The van der Waals surface area contributed by atoms with Crippen LogP contribution < -0.4 is 0 Å². The molecular weight excluding hydrogens is 266 g/mol. The molecule has 2 saturated heterocycles. The van der Waals surface area contributed by atoms with E-state index in [1.807, 2.05) is 12.1 Å². The summed E-state index contributed by atoms with van der Waals surface area (Å²) in [7, 11) is 0. The standard InChI is InChI=1S/C16H15N3O2/c17-9-11-3-1-10(2-4-11)7-15-18-16(19-21-15)13-8-12-5-6-14(13)20-12/h1-4,12-14H,5-8H2. The first kappa shape index (κ1) is 12.5. The van der Waals surface area contributed by atoms with E-state index in [9.17, 15) is 0 Å². The van der Waals surface area contributed by atoms with Crippen molar-refractivity contribution in [1.82, 2.24) is 10.1 Å². The molecule has 106 valence electrons. The zero-order valence-electron chi connectivity index (χ0n) is 11.5. The minimum atomic E-state index is 0.273. The van der Waals surface area contributed by atoms with Crippen LogP contribution in [-0.2, 0) is 11.2 Å². The highest BCUT2D eigenvalue weighted by atomic mass is 16.5. The number of aromatic nitrogens is 2. The third-order valence-electron chi connectivity index (χ3n) is 4.36. The van der Waals surface area contributed by atoms with E-state index in [1.54, 1.807) is 12.1 Å². The Bertz CT molecular complexity index is 686. The van der Waals surface area contributed by atoms with Gasteiger partial charge in [0.15, 0.2) is 5.82 Å². The van der Waals surface area contributed by atoms with Gasteiger partial charge in [-0.05, 0) is 37.0 Å². The molecule has 0 radical (unpaired) electrons. The summed E-state index contributed by atoms with van der Waals surface area (Å²) in [6.45, 7) is 0. The van der Waals surface area contributed by atoms with Gasteiger partial charge in [-0.1, -0.05) is 17.3 Å². The lowest BCUT2D eigenvalue weighted by atomic mass is 9.89. The summed E-state index contributed by atoms with van der Waals surface area (Å²) in [6.07, 6.45) is 4.54. The van der Waals surface area contributed by atoms with Crippen molar-refractivity contribution in [3.63, 3.8) is 0 Å². The van der Waals surface area contributed by atoms with Crippen LogP contribution in [0, 0.1) is 11.3 Å². The lowest BCUT2D eigenvalue weighted by molar-refractivity contribution is 0.0996. The molecule has 0 spiro atoms. The molecule has 1 aromatic heterocycles. The molecule has 2 fully saturated rings. The van der Waals surface area contributed by atoms with E-state index < -0.39 is 0 Å². The second-order valence-electron chi connectivity index (χ2n) is 5.75. The SMILES string of the molecule is N#Cc1ccc(Cc2nc(C3CC4CCC3O4)no2)cc1. The predicted molar refractivity (Wildman–Crippen MR) is 73.5 cm³/mol. The molecule has 0 amide bonds. The normalized spacial score (nSPS) is 26.9. The van der Waals surface area contributed by atoms with Crippen molar-refractivity contribution in [1.29, 1.82) is 5.26 Å². The van der Waals surface area contributed by atoms with E-state index in [0.29, 0.717) is 29.9 Å². The van der Waals surface area contributed by atoms with E-state index in [2.05, 4.69) is 16.2 Å². The van der Waals surface area contributed by atoms with Gasteiger partial charge in [0.05, 0.1) is 36.2 Å². The fraction of sp³-hybridized carbons (Fsp3) is 0.438. The van der Waals surface area contributed by atoms with Crippen molar-refractivity contribution in [3.05, 3.63) is 47.1 Å². The summed E-state index contributed by atoms with van der Waals surface area (Å²) >= 11 is 0. The molecule has 2 bridgehead atoms. The van der Waals surface area contributed by atoms with Gasteiger partial charge in [-0.15, -0.1) is 0 Å². The number of fused-ring (bicyclic) bond motifs is 2. The van der Waals surface area contributed by atoms with Crippen molar-refractivity contribution in [2.24, 2.45) is 0 Å². The molecule has 3 heterocycles. The van der Waals surface area contributed by atoms with Gasteiger partial charge >= 0.3 is 0 Å². The van der Waals surface area contributed by atoms with Crippen LogP contribution in [0.1, 0.15) is 48.0 Å². The van der Waals surface area contributed by atoms with Crippen LogP contribution in [0.15, 0.2) is 28.8 Å². The quantitative estimate of drug-likeness (QED) is 0.864. The van der Waals surface area contributed by atoms with Gasteiger partial charge in [0.25, 0.3) is 0 Å². The lowest BCUT2D eigenvalue weighted by Gasteiger charge is -2.13. The number of nitrogens with zero attached hydrogens (tertiary/aromatic N) is 3. The Balaban J connectivity index is 1.48. The Hall–Kier alpha value is -2.19. The summed E-state index contributed by atoms with van der Waals surface area (Å²) in [4.78, 5) is 4.53. The van der Waals surface area contributed by atoms with Crippen molar-refractivity contribution < 1.29 is 9.26 Å². The van der Waals surface area contributed by atoms with Gasteiger partial charge in [-0.25, -0.2) is 0 Å². The summed E-state index contributed by atoms with van der Waals surface area (Å²) in [6, 6.07) is 9.55. The number of rotatable bonds is 3. The molecule has 0 aliphatic carbocycles. The third kappa shape index (κ3) is 2.32. The number of hydrogen-bond acceptors (Lipinski definition) is 5.